The van der Waals surface area contributed by atoms with E-state index in [0.717, 1.165) is 4.47 Å². The van der Waals surface area contributed by atoms with Crippen LogP contribution >= 0.6 is 15.9 Å². The molecule has 0 aliphatic carbocycles. The lowest BCUT2D eigenvalue weighted by atomic mass is 10.2. The highest BCUT2D eigenvalue weighted by molar-refractivity contribution is 9.10. The van der Waals surface area contributed by atoms with Crippen LogP contribution in [0.3, 0.4) is 0 Å². The van der Waals surface area contributed by atoms with Crippen molar-refractivity contribution in [3.8, 4) is 5.75 Å². The molecule has 1 amide bonds. The van der Waals surface area contributed by atoms with E-state index in [0.29, 0.717) is 18.7 Å². The Morgan fingerprint density at radius 3 is 2.95 bits per heavy atom. The van der Waals surface area contributed by atoms with Gasteiger partial charge in [0.15, 0.2) is 0 Å². The van der Waals surface area contributed by atoms with Crippen molar-refractivity contribution in [1.29, 1.82) is 0 Å². The summed E-state index contributed by atoms with van der Waals surface area (Å²) in [6.45, 7) is 0.332. The van der Waals surface area contributed by atoms with Crippen LogP contribution in [0.5, 0.6) is 5.75 Å². The standard InChI is InChI=1S/C12H12BrN5O4/c13-8-3-4-10(19)9(6-8)15-11(20)2-1-5-17-7-14-12(16-17)18(21)22/h3-4,6-7,19H,1-2,5H2,(H,15,20). The van der Waals surface area contributed by atoms with Crippen LogP contribution in [-0.4, -0.2) is 30.7 Å². The fourth-order valence-electron chi connectivity index (χ4n) is 1.70. The Hall–Kier alpha value is -2.49. The van der Waals surface area contributed by atoms with E-state index in [-0.39, 0.29) is 18.1 Å². The fourth-order valence-corrected chi connectivity index (χ4v) is 2.06. The number of phenols is 1. The number of anilines is 1. The molecular weight excluding hydrogens is 358 g/mol. The molecule has 0 aliphatic rings. The molecule has 0 aliphatic heterocycles. The predicted octanol–water partition coefficient (Wildman–Crippen LogP) is 2.07. The summed E-state index contributed by atoms with van der Waals surface area (Å²) in [6.07, 6.45) is 1.86. The van der Waals surface area contributed by atoms with Gasteiger partial charge in [0.2, 0.25) is 12.2 Å². The number of aromatic nitrogens is 3. The molecule has 0 atom stereocenters. The maximum absolute atomic E-state index is 11.8. The van der Waals surface area contributed by atoms with Gasteiger partial charge in [-0.1, -0.05) is 20.9 Å². The van der Waals surface area contributed by atoms with Gasteiger partial charge >= 0.3 is 5.95 Å². The molecule has 0 bridgehead atoms. The Morgan fingerprint density at radius 1 is 1.50 bits per heavy atom. The number of benzene rings is 1. The Bertz CT molecular complexity index is 703. The predicted molar refractivity (Wildman–Crippen MR) is 80.3 cm³/mol. The van der Waals surface area contributed by atoms with Gasteiger partial charge in [0, 0.05) is 16.0 Å². The van der Waals surface area contributed by atoms with Crippen LogP contribution in [0.1, 0.15) is 12.8 Å². The SMILES string of the molecule is O=C(CCCn1cnc([N+](=O)[O-])n1)Nc1cc(Br)ccc1O. The third kappa shape index (κ3) is 4.25. The molecule has 0 radical (unpaired) electrons. The maximum Gasteiger partial charge on any atom is 0.490 e. The molecule has 9 nitrogen and oxygen atoms in total. The van der Waals surface area contributed by atoms with Gasteiger partial charge in [0.25, 0.3) is 0 Å². The molecule has 0 fully saturated rings. The summed E-state index contributed by atoms with van der Waals surface area (Å²) in [7, 11) is 0. The number of amides is 1. The lowest BCUT2D eigenvalue weighted by Crippen LogP contribution is -2.12. The Kier molecular flexibility index (Phi) is 5.04. The number of nitro groups is 1. The molecule has 0 saturated heterocycles. The molecule has 1 aromatic carbocycles. The van der Waals surface area contributed by atoms with Crippen molar-refractivity contribution < 1.29 is 14.8 Å². The third-order valence-electron chi connectivity index (χ3n) is 2.71. The lowest BCUT2D eigenvalue weighted by molar-refractivity contribution is -0.394. The smallest absolute Gasteiger partial charge is 0.490 e. The molecule has 22 heavy (non-hydrogen) atoms. The molecular formula is C12H12BrN5O4. The van der Waals surface area contributed by atoms with Crippen LogP contribution in [0.4, 0.5) is 11.6 Å². The van der Waals surface area contributed by atoms with Gasteiger partial charge in [-0.05, 0) is 29.5 Å². The number of aromatic hydroxyl groups is 1. The molecule has 0 spiro atoms. The number of rotatable bonds is 6. The number of carbonyl (C=O) groups excluding carboxylic acids is 1. The van der Waals surface area contributed by atoms with Crippen molar-refractivity contribution in [3.63, 3.8) is 0 Å². The number of nitrogens with zero attached hydrogens (tertiary/aromatic N) is 4. The Balaban J connectivity index is 1.82. The van der Waals surface area contributed by atoms with Gasteiger partial charge in [-0.3, -0.25) is 4.79 Å². The van der Waals surface area contributed by atoms with Gasteiger partial charge in [0.1, 0.15) is 5.75 Å². The summed E-state index contributed by atoms with van der Waals surface area (Å²) in [6, 6.07) is 4.71. The van der Waals surface area contributed by atoms with Crippen LogP contribution in [0.25, 0.3) is 0 Å². The van der Waals surface area contributed by atoms with E-state index in [2.05, 4.69) is 31.3 Å². The monoisotopic (exact) mass is 369 g/mol. The van der Waals surface area contributed by atoms with Gasteiger partial charge < -0.3 is 20.5 Å². The highest BCUT2D eigenvalue weighted by Crippen LogP contribution is 2.26. The lowest BCUT2D eigenvalue weighted by Gasteiger charge is -2.07. The van der Waals surface area contributed by atoms with E-state index >= 15 is 0 Å². The largest absolute Gasteiger partial charge is 0.506 e. The van der Waals surface area contributed by atoms with Crippen LogP contribution in [0.15, 0.2) is 29.0 Å². The van der Waals surface area contributed by atoms with Crippen molar-refractivity contribution in [2.45, 2.75) is 19.4 Å². The zero-order valence-electron chi connectivity index (χ0n) is 11.3. The highest BCUT2D eigenvalue weighted by atomic mass is 79.9. The molecule has 2 N–H and O–H groups in total. The number of hydrogen-bond donors (Lipinski definition) is 2. The fraction of sp³-hybridized carbons (Fsp3) is 0.250. The maximum atomic E-state index is 11.8. The van der Waals surface area contributed by atoms with Crippen molar-refractivity contribution in [2.24, 2.45) is 0 Å². The highest BCUT2D eigenvalue weighted by Gasteiger charge is 2.13. The Morgan fingerprint density at radius 2 is 2.27 bits per heavy atom. The molecule has 0 saturated carbocycles. The van der Waals surface area contributed by atoms with E-state index in [1.807, 2.05) is 0 Å². The first-order chi connectivity index (χ1) is 10.5. The molecule has 1 aromatic heterocycles. The third-order valence-corrected chi connectivity index (χ3v) is 3.20. The summed E-state index contributed by atoms with van der Waals surface area (Å²) >= 11 is 3.25. The van der Waals surface area contributed by atoms with E-state index < -0.39 is 10.9 Å². The first-order valence-electron chi connectivity index (χ1n) is 6.28. The van der Waals surface area contributed by atoms with Crippen LogP contribution < -0.4 is 5.32 Å². The molecule has 1 heterocycles. The second kappa shape index (κ2) is 6.98. The first-order valence-corrected chi connectivity index (χ1v) is 7.07. The second-order valence-electron chi connectivity index (χ2n) is 4.38. The van der Waals surface area contributed by atoms with Gasteiger partial charge in [-0.15, -0.1) is 0 Å². The second-order valence-corrected chi connectivity index (χ2v) is 5.29. The normalized spacial score (nSPS) is 10.4. The van der Waals surface area contributed by atoms with Gasteiger partial charge in [-0.25, -0.2) is 0 Å². The number of hydrogen-bond acceptors (Lipinski definition) is 6. The number of carbonyl (C=O) groups is 1. The summed E-state index contributed by atoms with van der Waals surface area (Å²) in [5.41, 5.74) is 0.316. The van der Waals surface area contributed by atoms with Crippen LogP contribution in [-0.2, 0) is 11.3 Å². The van der Waals surface area contributed by atoms with E-state index in [1.54, 1.807) is 12.1 Å². The van der Waals surface area contributed by atoms with Crippen molar-refractivity contribution in [2.75, 3.05) is 5.32 Å². The number of nitrogens with one attached hydrogen (secondary N) is 1. The number of phenolic OH excluding ortho intramolecular Hbond substituents is 1. The number of aryl methyl sites for hydroxylation is 1. The summed E-state index contributed by atoms with van der Waals surface area (Å²) in [4.78, 5) is 25.1. The van der Waals surface area contributed by atoms with Crippen molar-refractivity contribution >= 4 is 33.5 Å². The van der Waals surface area contributed by atoms with Gasteiger partial charge in [-0.2, -0.15) is 4.68 Å². The van der Waals surface area contributed by atoms with Crippen LogP contribution in [0, 0.1) is 10.1 Å². The zero-order valence-corrected chi connectivity index (χ0v) is 12.9. The molecule has 0 unspecified atom stereocenters. The first kappa shape index (κ1) is 15.9. The van der Waals surface area contributed by atoms with Crippen LogP contribution in [0.2, 0.25) is 0 Å². The minimum atomic E-state index is -0.681. The summed E-state index contributed by atoms with van der Waals surface area (Å²) in [5, 5.41) is 26.3. The summed E-state index contributed by atoms with van der Waals surface area (Å²) < 4.78 is 2.04. The van der Waals surface area contributed by atoms with E-state index in [1.165, 1.54) is 17.1 Å². The van der Waals surface area contributed by atoms with E-state index in [9.17, 15) is 20.0 Å². The zero-order chi connectivity index (χ0) is 16.1. The minimum Gasteiger partial charge on any atom is -0.506 e. The van der Waals surface area contributed by atoms with Gasteiger partial charge in [0.05, 0.1) is 12.2 Å². The molecule has 116 valence electrons. The Labute approximate surface area is 133 Å². The molecule has 2 aromatic rings. The van der Waals surface area contributed by atoms with E-state index in [4.69, 9.17) is 0 Å². The summed E-state index contributed by atoms with van der Waals surface area (Å²) in [5.74, 6) is -0.769. The average molecular weight is 370 g/mol. The molecule has 2 rings (SSSR count). The quantitative estimate of drug-likeness (QED) is 0.456. The van der Waals surface area contributed by atoms with Crippen molar-refractivity contribution in [3.05, 3.63) is 39.1 Å². The molecule has 10 heteroatoms. The average Bonchev–Trinajstić information content (AvgIpc) is 2.92. The number of halogens is 1. The minimum absolute atomic E-state index is 0.0246. The van der Waals surface area contributed by atoms with Crippen molar-refractivity contribution in [1.82, 2.24) is 14.8 Å². The topological polar surface area (TPSA) is 123 Å².